The van der Waals surface area contributed by atoms with E-state index in [9.17, 15) is 13.6 Å². The summed E-state index contributed by atoms with van der Waals surface area (Å²) in [7, 11) is 0. The predicted molar refractivity (Wildman–Crippen MR) is 64.9 cm³/mol. The van der Waals surface area contributed by atoms with Crippen molar-refractivity contribution < 1.29 is 18.7 Å². The van der Waals surface area contributed by atoms with Gasteiger partial charge in [-0.2, -0.15) is 0 Å². The fraction of sp³-hybridized carbons (Fsp3) is 0.0769. The molecule has 0 aliphatic carbocycles. The summed E-state index contributed by atoms with van der Waals surface area (Å²) in [6.45, 7) is 0.130. The van der Waals surface area contributed by atoms with Crippen LogP contribution >= 0.6 is 0 Å². The summed E-state index contributed by atoms with van der Waals surface area (Å²) in [6.07, 6.45) is 1.20. The standard InChI is InChI=1S/C13H10F2N2O2/c14-10-3-1-8(11(15)5-10)6-16-12-4-2-9(7-17-12)13(18)19/h1-5,7H,6H2,(H,16,17)(H,18,19). The fourth-order valence-corrected chi connectivity index (χ4v) is 1.48. The zero-order valence-electron chi connectivity index (χ0n) is 9.73. The fourth-order valence-electron chi connectivity index (χ4n) is 1.48. The molecule has 2 N–H and O–H groups in total. The third kappa shape index (κ3) is 3.25. The Morgan fingerprint density at radius 1 is 1.26 bits per heavy atom. The van der Waals surface area contributed by atoms with Gasteiger partial charge in [-0.05, 0) is 18.2 Å². The van der Waals surface area contributed by atoms with E-state index >= 15 is 0 Å². The van der Waals surface area contributed by atoms with E-state index in [1.807, 2.05) is 0 Å². The van der Waals surface area contributed by atoms with Crippen LogP contribution in [0.2, 0.25) is 0 Å². The van der Waals surface area contributed by atoms with Crippen molar-refractivity contribution in [2.45, 2.75) is 6.54 Å². The molecule has 19 heavy (non-hydrogen) atoms. The summed E-state index contributed by atoms with van der Waals surface area (Å²) in [5, 5.41) is 11.5. The van der Waals surface area contributed by atoms with Gasteiger partial charge in [0.1, 0.15) is 17.5 Å². The molecule has 0 bridgehead atoms. The number of halogens is 2. The van der Waals surface area contributed by atoms with E-state index in [1.54, 1.807) is 0 Å². The highest BCUT2D eigenvalue weighted by atomic mass is 19.1. The summed E-state index contributed by atoms with van der Waals surface area (Å²) < 4.78 is 26.0. The Labute approximate surface area is 107 Å². The number of anilines is 1. The summed E-state index contributed by atoms with van der Waals surface area (Å²) in [5.74, 6) is -1.93. The van der Waals surface area contributed by atoms with Crippen molar-refractivity contribution in [1.82, 2.24) is 4.98 Å². The van der Waals surface area contributed by atoms with Gasteiger partial charge >= 0.3 is 5.97 Å². The third-order valence-electron chi connectivity index (χ3n) is 2.49. The van der Waals surface area contributed by atoms with Crippen molar-refractivity contribution in [1.29, 1.82) is 0 Å². The monoisotopic (exact) mass is 264 g/mol. The normalized spacial score (nSPS) is 10.2. The molecule has 2 rings (SSSR count). The van der Waals surface area contributed by atoms with E-state index in [2.05, 4.69) is 10.3 Å². The van der Waals surface area contributed by atoms with Crippen molar-refractivity contribution in [2.75, 3.05) is 5.32 Å². The lowest BCUT2D eigenvalue weighted by Gasteiger charge is -2.06. The van der Waals surface area contributed by atoms with Gasteiger partial charge in [0, 0.05) is 24.4 Å². The molecule has 0 aliphatic rings. The van der Waals surface area contributed by atoms with Crippen molar-refractivity contribution in [2.24, 2.45) is 0 Å². The van der Waals surface area contributed by atoms with Crippen LogP contribution in [0.25, 0.3) is 0 Å². The predicted octanol–water partition coefficient (Wildman–Crippen LogP) is 2.67. The van der Waals surface area contributed by atoms with Gasteiger partial charge < -0.3 is 10.4 Å². The van der Waals surface area contributed by atoms with Gasteiger partial charge in [-0.1, -0.05) is 6.07 Å². The lowest BCUT2D eigenvalue weighted by Crippen LogP contribution is -2.04. The van der Waals surface area contributed by atoms with Crippen molar-refractivity contribution >= 4 is 11.8 Å². The average molecular weight is 264 g/mol. The molecular weight excluding hydrogens is 254 g/mol. The van der Waals surface area contributed by atoms with Crippen LogP contribution in [0, 0.1) is 11.6 Å². The minimum absolute atomic E-state index is 0.0681. The molecule has 0 saturated heterocycles. The highest BCUT2D eigenvalue weighted by Crippen LogP contribution is 2.12. The number of rotatable bonds is 4. The Balaban J connectivity index is 2.04. The molecule has 0 aliphatic heterocycles. The number of nitrogens with one attached hydrogen (secondary N) is 1. The van der Waals surface area contributed by atoms with Crippen LogP contribution in [-0.2, 0) is 6.54 Å². The lowest BCUT2D eigenvalue weighted by atomic mass is 10.2. The molecule has 4 nitrogen and oxygen atoms in total. The molecule has 0 unspecified atom stereocenters. The van der Waals surface area contributed by atoms with Gasteiger partial charge in [0.05, 0.1) is 5.56 Å². The van der Waals surface area contributed by atoms with Crippen LogP contribution in [0.3, 0.4) is 0 Å². The Bertz CT molecular complexity index is 600. The number of nitrogens with zero attached hydrogens (tertiary/aromatic N) is 1. The Morgan fingerprint density at radius 3 is 2.63 bits per heavy atom. The van der Waals surface area contributed by atoms with Crippen molar-refractivity contribution in [3.63, 3.8) is 0 Å². The Morgan fingerprint density at radius 2 is 2.05 bits per heavy atom. The Kier molecular flexibility index (Phi) is 3.70. The average Bonchev–Trinajstić information content (AvgIpc) is 2.38. The maximum absolute atomic E-state index is 13.3. The number of carboxylic acids is 1. The summed E-state index contributed by atoms with van der Waals surface area (Å²) in [5.41, 5.74) is 0.365. The van der Waals surface area contributed by atoms with Crippen LogP contribution in [-0.4, -0.2) is 16.1 Å². The smallest absolute Gasteiger partial charge is 0.337 e. The number of hydrogen-bond donors (Lipinski definition) is 2. The maximum Gasteiger partial charge on any atom is 0.337 e. The zero-order valence-corrected chi connectivity index (χ0v) is 9.73. The van der Waals surface area contributed by atoms with E-state index in [4.69, 9.17) is 5.11 Å². The van der Waals surface area contributed by atoms with E-state index in [-0.39, 0.29) is 12.1 Å². The molecule has 1 heterocycles. The molecule has 0 fully saturated rings. The lowest BCUT2D eigenvalue weighted by molar-refractivity contribution is 0.0696. The summed E-state index contributed by atoms with van der Waals surface area (Å²) in [6, 6.07) is 6.17. The molecule has 2 aromatic rings. The minimum atomic E-state index is -1.07. The molecule has 98 valence electrons. The number of carbonyl (C=O) groups is 1. The molecule has 1 aromatic carbocycles. The van der Waals surface area contributed by atoms with Crippen LogP contribution < -0.4 is 5.32 Å². The topological polar surface area (TPSA) is 62.2 Å². The first-order chi connectivity index (χ1) is 9.06. The second-order valence-electron chi connectivity index (χ2n) is 3.83. The van der Waals surface area contributed by atoms with Gasteiger partial charge in [0.15, 0.2) is 0 Å². The molecule has 0 radical (unpaired) electrons. The quantitative estimate of drug-likeness (QED) is 0.891. The third-order valence-corrected chi connectivity index (χ3v) is 2.49. The van der Waals surface area contributed by atoms with Crippen LogP contribution in [0.1, 0.15) is 15.9 Å². The van der Waals surface area contributed by atoms with E-state index < -0.39 is 17.6 Å². The molecular formula is C13H10F2N2O2. The van der Waals surface area contributed by atoms with Crippen LogP contribution in [0.15, 0.2) is 36.5 Å². The summed E-state index contributed by atoms with van der Waals surface area (Å²) >= 11 is 0. The Hall–Kier alpha value is -2.50. The van der Waals surface area contributed by atoms with Crippen molar-refractivity contribution in [3.05, 3.63) is 59.3 Å². The van der Waals surface area contributed by atoms with Crippen LogP contribution in [0.5, 0.6) is 0 Å². The van der Waals surface area contributed by atoms with Crippen molar-refractivity contribution in [3.8, 4) is 0 Å². The first-order valence-corrected chi connectivity index (χ1v) is 5.43. The number of benzene rings is 1. The van der Waals surface area contributed by atoms with Gasteiger partial charge in [-0.15, -0.1) is 0 Å². The highest BCUT2D eigenvalue weighted by Gasteiger charge is 2.05. The summed E-state index contributed by atoms with van der Waals surface area (Å²) in [4.78, 5) is 14.5. The number of hydrogen-bond acceptors (Lipinski definition) is 3. The van der Waals surface area contributed by atoms with Gasteiger partial charge in [-0.25, -0.2) is 18.6 Å². The van der Waals surface area contributed by atoms with E-state index in [1.165, 1.54) is 30.5 Å². The first kappa shape index (κ1) is 12.9. The zero-order chi connectivity index (χ0) is 13.8. The molecule has 0 saturated carbocycles. The van der Waals surface area contributed by atoms with Gasteiger partial charge in [0.2, 0.25) is 0 Å². The second kappa shape index (κ2) is 5.43. The van der Waals surface area contributed by atoms with E-state index in [0.717, 1.165) is 6.07 Å². The SMILES string of the molecule is O=C(O)c1ccc(NCc2ccc(F)cc2F)nc1. The molecule has 6 heteroatoms. The van der Waals surface area contributed by atoms with Gasteiger partial charge in [0.25, 0.3) is 0 Å². The molecule has 0 atom stereocenters. The number of aromatic nitrogens is 1. The van der Waals surface area contributed by atoms with E-state index in [0.29, 0.717) is 11.4 Å². The molecule has 0 amide bonds. The number of carboxylic acid groups (broad SMARTS) is 1. The van der Waals surface area contributed by atoms with Gasteiger partial charge in [-0.3, -0.25) is 0 Å². The number of aromatic carboxylic acids is 1. The largest absolute Gasteiger partial charge is 0.478 e. The van der Waals surface area contributed by atoms with Crippen LogP contribution in [0.4, 0.5) is 14.6 Å². The number of pyridine rings is 1. The molecule has 0 spiro atoms. The highest BCUT2D eigenvalue weighted by molar-refractivity contribution is 5.87. The maximum atomic E-state index is 13.3. The second-order valence-corrected chi connectivity index (χ2v) is 3.83. The first-order valence-electron chi connectivity index (χ1n) is 5.43. The minimum Gasteiger partial charge on any atom is -0.478 e. The molecule has 1 aromatic heterocycles.